The number of benzene rings is 1. The summed E-state index contributed by atoms with van der Waals surface area (Å²) in [4.78, 5) is 27.2. The van der Waals surface area contributed by atoms with E-state index in [1.807, 2.05) is 18.2 Å². The molecular formula is C16H16N2O3. The van der Waals surface area contributed by atoms with Gasteiger partial charge in [-0.3, -0.25) is 14.6 Å². The fraction of sp³-hybridized carbons (Fsp3) is 0.188. The second kappa shape index (κ2) is 7.31. The Hall–Kier alpha value is -2.53. The van der Waals surface area contributed by atoms with E-state index in [1.165, 1.54) is 0 Å². The quantitative estimate of drug-likeness (QED) is 0.759. The van der Waals surface area contributed by atoms with Gasteiger partial charge in [0.15, 0.2) is 5.78 Å². The summed E-state index contributed by atoms with van der Waals surface area (Å²) in [5.41, 5.74) is 1.45. The zero-order valence-electron chi connectivity index (χ0n) is 11.4. The number of nitrogens with zero attached hydrogens (tertiary/aromatic N) is 1. The molecule has 0 fully saturated rings. The Morgan fingerprint density at radius 2 is 1.76 bits per heavy atom. The van der Waals surface area contributed by atoms with Crippen molar-refractivity contribution in [3.63, 3.8) is 0 Å². The van der Waals surface area contributed by atoms with Crippen LogP contribution < -0.4 is 5.32 Å². The van der Waals surface area contributed by atoms with Crippen LogP contribution in [0.15, 0.2) is 54.9 Å². The van der Waals surface area contributed by atoms with Gasteiger partial charge in [0.1, 0.15) is 0 Å². The van der Waals surface area contributed by atoms with Gasteiger partial charge in [0.05, 0.1) is 12.5 Å². The summed E-state index contributed by atoms with van der Waals surface area (Å²) < 4.78 is 0. The highest BCUT2D eigenvalue weighted by Gasteiger charge is 2.22. The monoisotopic (exact) mass is 284 g/mol. The standard InChI is InChI=1S/C16H16N2O3/c19-15(20)10-14(16(21)13-4-2-1-3-5-13)18-11-12-6-8-17-9-7-12/h1-9,14,18H,10-11H2,(H,19,20). The third-order valence-corrected chi connectivity index (χ3v) is 3.06. The van der Waals surface area contributed by atoms with Gasteiger partial charge in [-0.15, -0.1) is 0 Å². The molecule has 1 aromatic carbocycles. The highest BCUT2D eigenvalue weighted by Crippen LogP contribution is 2.08. The van der Waals surface area contributed by atoms with Gasteiger partial charge < -0.3 is 10.4 Å². The minimum Gasteiger partial charge on any atom is -0.481 e. The third kappa shape index (κ3) is 4.50. The van der Waals surface area contributed by atoms with Crippen molar-refractivity contribution >= 4 is 11.8 Å². The van der Waals surface area contributed by atoms with Gasteiger partial charge in [-0.2, -0.15) is 0 Å². The summed E-state index contributed by atoms with van der Waals surface area (Å²) in [5, 5.41) is 12.0. The molecule has 0 saturated heterocycles. The molecule has 1 atom stereocenters. The molecule has 0 amide bonds. The van der Waals surface area contributed by atoms with Crippen LogP contribution in [0.2, 0.25) is 0 Å². The number of hydrogen-bond acceptors (Lipinski definition) is 4. The van der Waals surface area contributed by atoms with Gasteiger partial charge >= 0.3 is 5.97 Å². The first kappa shape index (κ1) is 14.9. The Morgan fingerprint density at radius 3 is 2.38 bits per heavy atom. The largest absolute Gasteiger partial charge is 0.481 e. The third-order valence-electron chi connectivity index (χ3n) is 3.06. The van der Waals surface area contributed by atoms with Crippen LogP contribution in [0.4, 0.5) is 0 Å². The van der Waals surface area contributed by atoms with Crippen molar-refractivity contribution in [2.45, 2.75) is 19.0 Å². The average Bonchev–Trinajstić information content (AvgIpc) is 2.52. The maximum atomic E-state index is 12.4. The second-order valence-electron chi connectivity index (χ2n) is 4.62. The SMILES string of the molecule is O=C(O)CC(NCc1ccncc1)C(=O)c1ccccc1. The minimum atomic E-state index is -1.01. The molecule has 0 spiro atoms. The second-order valence-corrected chi connectivity index (χ2v) is 4.62. The molecule has 1 aromatic heterocycles. The van der Waals surface area contributed by atoms with Gasteiger partial charge in [0, 0.05) is 24.5 Å². The van der Waals surface area contributed by atoms with E-state index in [0.29, 0.717) is 12.1 Å². The number of rotatable bonds is 7. The number of aliphatic carboxylic acids is 1. The Kier molecular flexibility index (Phi) is 5.17. The highest BCUT2D eigenvalue weighted by molar-refractivity contribution is 6.01. The molecule has 0 aliphatic carbocycles. The van der Waals surface area contributed by atoms with Crippen molar-refractivity contribution < 1.29 is 14.7 Å². The number of nitrogens with one attached hydrogen (secondary N) is 1. The Morgan fingerprint density at radius 1 is 1.10 bits per heavy atom. The van der Waals surface area contributed by atoms with Crippen molar-refractivity contribution in [2.75, 3.05) is 0 Å². The van der Waals surface area contributed by atoms with Crippen molar-refractivity contribution in [1.29, 1.82) is 0 Å². The van der Waals surface area contributed by atoms with Gasteiger partial charge in [0.25, 0.3) is 0 Å². The number of Topliss-reactive ketones (excluding diaryl/α,β-unsaturated/α-hetero) is 1. The molecule has 108 valence electrons. The lowest BCUT2D eigenvalue weighted by Crippen LogP contribution is -2.38. The highest BCUT2D eigenvalue weighted by atomic mass is 16.4. The molecular weight excluding hydrogens is 268 g/mol. The summed E-state index contributed by atoms with van der Waals surface area (Å²) >= 11 is 0. The average molecular weight is 284 g/mol. The molecule has 2 rings (SSSR count). The predicted octanol–water partition coefficient (Wildman–Crippen LogP) is 1.90. The first-order chi connectivity index (χ1) is 10.2. The number of ketones is 1. The Balaban J connectivity index is 2.07. The van der Waals surface area contributed by atoms with E-state index in [2.05, 4.69) is 10.3 Å². The summed E-state index contributed by atoms with van der Waals surface area (Å²) in [5.74, 6) is -1.22. The number of carboxylic acids is 1. The van der Waals surface area contributed by atoms with Gasteiger partial charge in [-0.1, -0.05) is 30.3 Å². The predicted molar refractivity (Wildman–Crippen MR) is 77.9 cm³/mol. The fourth-order valence-electron chi connectivity index (χ4n) is 1.98. The lowest BCUT2D eigenvalue weighted by Gasteiger charge is -2.16. The van der Waals surface area contributed by atoms with E-state index in [-0.39, 0.29) is 12.2 Å². The van der Waals surface area contributed by atoms with Crippen LogP contribution in [0, 0.1) is 0 Å². The molecule has 2 aromatic rings. The number of aromatic nitrogens is 1. The molecule has 21 heavy (non-hydrogen) atoms. The van der Waals surface area contributed by atoms with Crippen LogP contribution in [-0.4, -0.2) is 27.9 Å². The Bertz CT molecular complexity index is 599. The summed E-state index contributed by atoms with van der Waals surface area (Å²) in [6, 6.07) is 11.6. The van der Waals surface area contributed by atoms with E-state index in [0.717, 1.165) is 5.56 Å². The van der Waals surface area contributed by atoms with Crippen molar-refractivity contribution in [2.24, 2.45) is 0 Å². The molecule has 5 heteroatoms. The number of carbonyl (C=O) groups is 2. The number of carbonyl (C=O) groups excluding carboxylic acids is 1. The minimum absolute atomic E-state index is 0.216. The molecule has 2 N–H and O–H groups in total. The zero-order valence-corrected chi connectivity index (χ0v) is 11.4. The molecule has 0 aliphatic heterocycles. The lowest BCUT2D eigenvalue weighted by atomic mass is 10.0. The smallest absolute Gasteiger partial charge is 0.305 e. The van der Waals surface area contributed by atoms with Gasteiger partial charge in [0.2, 0.25) is 0 Å². The van der Waals surface area contributed by atoms with E-state index in [9.17, 15) is 9.59 Å². The molecule has 0 aliphatic rings. The zero-order chi connectivity index (χ0) is 15.1. The molecule has 0 saturated carbocycles. The van der Waals surface area contributed by atoms with E-state index in [1.54, 1.807) is 36.7 Å². The Labute approximate surface area is 122 Å². The first-order valence-electron chi connectivity index (χ1n) is 6.60. The van der Waals surface area contributed by atoms with Gasteiger partial charge in [-0.05, 0) is 17.7 Å². The fourth-order valence-corrected chi connectivity index (χ4v) is 1.98. The molecule has 0 bridgehead atoms. The van der Waals surface area contributed by atoms with Crippen molar-refractivity contribution in [3.8, 4) is 0 Å². The number of hydrogen-bond donors (Lipinski definition) is 2. The number of pyridine rings is 1. The van der Waals surface area contributed by atoms with Crippen LogP contribution in [0.1, 0.15) is 22.3 Å². The topological polar surface area (TPSA) is 79.3 Å². The van der Waals surface area contributed by atoms with Crippen LogP contribution in [-0.2, 0) is 11.3 Å². The first-order valence-corrected chi connectivity index (χ1v) is 6.60. The summed E-state index contributed by atoms with van der Waals surface area (Å²) in [6.07, 6.45) is 3.06. The van der Waals surface area contributed by atoms with Gasteiger partial charge in [-0.25, -0.2) is 0 Å². The summed E-state index contributed by atoms with van der Waals surface area (Å²) in [6.45, 7) is 0.416. The van der Waals surface area contributed by atoms with E-state index >= 15 is 0 Å². The lowest BCUT2D eigenvalue weighted by molar-refractivity contribution is -0.137. The molecule has 0 radical (unpaired) electrons. The normalized spacial score (nSPS) is 11.8. The molecule has 1 heterocycles. The maximum Gasteiger partial charge on any atom is 0.305 e. The van der Waals surface area contributed by atoms with Crippen LogP contribution >= 0.6 is 0 Å². The van der Waals surface area contributed by atoms with Crippen molar-refractivity contribution in [1.82, 2.24) is 10.3 Å². The van der Waals surface area contributed by atoms with E-state index in [4.69, 9.17) is 5.11 Å². The van der Waals surface area contributed by atoms with Crippen LogP contribution in [0.3, 0.4) is 0 Å². The van der Waals surface area contributed by atoms with E-state index < -0.39 is 12.0 Å². The molecule has 1 unspecified atom stereocenters. The van der Waals surface area contributed by atoms with Crippen LogP contribution in [0.25, 0.3) is 0 Å². The maximum absolute atomic E-state index is 12.4. The van der Waals surface area contributed by atoms with Crippen molar-refractivity contribution in [3.05, 3.63) is 66.0 Å². The summed E-state index contributed by atoms with van der Waals surface area (Å²) in [7, 11) is 0. The molecule has 5 nitrogen and oxygen atoms in total. The van der Waals surface area contributed by atoms with Crippen LogP contribution in [0.5, 0.6) is 0 Å². The number of carboxylic acid groups (broad SMARTS) is 1.